The first-order valence-corrected chi connectivity index (χ1v) is 7.54. The first-order valence-electron chi connectivity index (χ1n) is 7.54. The minimum atomic E-state index is -0.430. The van der Waals surface area contributed by atoms with Crippen molar-refractivity contribution < 1.29 is 19.1 Å². The summed E-state index contributed by atoms with van der Waals surface area (Å²) < 4.78 is 11.6. The van der Waals surface area contributed by atoms with E-state index in [0.29, 0.717) is 18.7 Å². The van der Waals surface area contributed by atoms with Crippen LogP contribution in [0.2, 0.25) is 0 Å². The summed E-state index contributed by atoms with van der Waals surface area (Å²) in [5.41, 5.74) is 1.29. The smallest absolute Gasteiger partial charge is 0.340 e. The van der Waals surface area contributed by atoms with Gasteiger partial charge in [0.1, 0.15) is 6.04 Å². The fraction of sp³-hybridized carbons (Fsp3) is 0.412. The summed E-state index contributed by atoms with van der Waals surface area (Å²) in [6, 6.07) is 7.04. The zero-order valence-corrected chi connectivity index (χ0v) is 13.7. The maximum absolute atomic E-state index is 12.3. The predicted molar refractivity (Wildman–Crippen MR) is 87.5 cm³/mol. The lowest BCUT2D eigenvalue weighted by Crippen LogP contribution is -2.31. The molecule has 0 radical (unpaired) electrons. The Labute approximate surface area is 135 Å². The molecule has 124 valence electrons. The molecule has 1 amide bonds. The molecule has 0 spiro atoms. The van der Waals surface area contributed by atoms with Crippen molar-refractivity contribution in [3.05, 3.63) is 36.0 Å². The summed E-state index contributed by atoms with van der Waals surface area (Å²) >= 11 is 0. The summed E-state index contributed by atoms with van der Waals surface area (Å²) in [7, 11) is 2.98. The van der Waals surface area contributed by atoms with Crippen LogP contribution in [-0.4, -0.2) is 43.8 Å². The summed E-state index contributed by atoms with van der Waals surface area (Å²) in [6.07, 6.45) is 2.44. The SMILES string of the molecule is COCCCNC(=O)[C@H](C)n1cc(C(=O)OC)c2ccccc21. The molecule has 0 aliphatic rings. The number of carbonyl (C=O) groups excluding carboxylic acids is 2. The number of methoxy groups -OCH3 is 2. The van der Waals surface area contributed by atoms with Gasteiger partial charge in [0.25, 0.3) is 0 Å². The van der Waals surface area contributed by atoms with E-state index in [4.69, 9.17) is 9.47 Å². The van der Waals surface area contributed by atoms with Crippen LogP contribution in [-0.2, 0) is 14.3 Å². The lowest BCUT2D eigenvalue weighted by molar-refractivity contribution is -0.123. The van der Waals surface area contributed by atoms with Gasteiger partial charge in [-0.1, -0.05) is 18.2 Å². The quantitative estimate of drug-likeness (QED) is 0.627. The van der Waals surface area contributed by atoms with Crippen molar-refractivity contribution in [2.45, 2.75) is 19.4 Å². The summed E-state index contributed by atoms with van der Waals surface area (Å²) in [4.78, 5) is 24.2. The molecule has 1 aromatic carbocycles. The van der Waals surface area contributed by atoms with Crippen LogP contribution < -0.4 is 5.32 Å². The molecule has 0 fully saturated rings. The number of esters is 1. The molecule has 6 nitrogen and oxygen atoms in total. The fourth-order valence-corrected chi connectivity index (χ4v) is 2.50. The number of rotatable bonds is 7. The van der Waals surface area contributed by atoms with Crippen LogP contribution in [0.15, 0.2) is 30.5 Å². The van der Waals surface area contributed by atoms with Crippen LogP contribution in [0.25, 0.3) is 10.9 Å². The number of hydrogen-bond donors (Lipinski definition) is 1. The van der Waals surface area contributed by atoms with E-state index < -0.39 is 12.0 Å². The van der Waals surface area contributed by atoms with Gasteiger partial charge in [0, 0.05) is 37.4 Å². The van der Waals surface area contributed by atoms with E-state index in [1.54, 1.807) is 24.8 Å². The topological polar surface area (TPSA) is 69.6 Å². The molecule has 1 atom stereocenters. The Morgan fingerprint density at radius 3 is 2.70 bits per heavy atom. The Kier molecular flexibility index (Phi) is 5.76. The normalized spacial score (nSPS) is 12.1. The Bertz CT molecular complexity index is 693. The molecule has 6 heteroatoms. The molecule has 0 unspecified atom stereocenters. The lowest BCUT2D eigenvalue weighted by atomic mass is 10.2. The van der Waals surface area contributed by atoms with E-state index >= 15 is 0 Å². The van der Waals surface area contributed by atoms with Crippen LogP contribution in [0, 0.1) is 0 Å². The third-order valence-corrected chi connectivity index (χ3v) is 3.77. The lowest BCUT2D eigenvalue weighted by Gasteiger charge is -2.15. The molecule has 0 aliphatic carbocycles. The molecule has 1 aromatic heterocycles. The number of nitrogens with one attached hydrogen (secondary N) is 1. The molecule has 2 aromatic rings. The van der Waals surface area contributed by atoms with Gasteiger partial charge in [0.15, 0.2) is 0 Å². The number of carbonyl (C=O) groups is 2. The average molecular weight is 318 g/mol. The highest BCUT2D eigenvalue weighted by Gasteiger charge is 2.21. The first-order chi connectivity index (χ1) is 11.1. The molecule has 0 saturated heterocycles. The van der Waals surface area contributed by atoms with Crippen molar-refractivity contribution in [1.82, 2.24) is 9.88 Å². The van der Waals surface area contributed by atoms with Gasteiger partial charge < -0.3 is 19.4 Å². The number of amides is 1. The molecular weight excluding hydrogens is 296 g/mol. The van der Waals surface area contributed by atoms with Crippen LogP contribution in [0.3, 0.4) is 0 Å². The van der Waals surface area contributed by atoms with Crippen LogP contribution in [0.5, 0.6) is 0 Å². The van der Waals surface area contributed by atoms with Crippen molar-refractivity contribution in [2.75, 3.05) is 27.4 Å². The molecule has 0 bridgehead atoms. The van der Waals surface area contributed by atoms with Gasteiger partial charge in [0.2, 0.25) is 5.91 Å². The highest BCUT2D eigenvalue weighted by Crippen LogP contribution is 2.25. The second kappa shape index (κ2) is 7.78. The molecule has 0 aliphatic heterocycles. The third kappa shape index (κ3) is 3.71. The number of para-hydroxylation sites is 1. The van der Waals surface area contributed by atoms with Crippen molar-refractivity contribution in [1.29, 1.82) is 0 Å². The number of hydrogen-bond acceptors (Lipinski definition) is 4. The summed E-state index contributed by atoms with van der Waals surface area (Å²) in [6.45, 7) is 2.97. The van der Waals surface area contributed by atoms with Gasteiger partial charge >= 0.3 is 5.97 Å². The Hall–Kier alpha value is -2.34. The number of aromatic nitrogens is 1. The first kappa shape index (κ1) is 17.0. The van der Waals surface area contributed by atoms with E-state index in [1.807, 2.05) is 24.3 Å². The fourth-order valence-electron chi connectivity index (χ4n) is 2.50. The van der Waals surface area contributed by atoms with Gasteiger partial charge in [-0.25, -0.2) is 4.79 Å². The number of benzene rings is 1. The zero-order valence-electron chi connectivity index (χ0n) is 13.7. The highest BCUT2D eigenvalue weighted by molar-refractivity contribution is 6.04. The summed E-state index contributed by atoms with van der Waals surface area (Å²) in [5.74, 6) is -0.508. The van der Waals surface area contributed by atoms with Crippen LogP contribution in [0.4, 0.5) is 0 Å². The second-order valence-electron chi connectivity index (χ2n) is 5.27. The van der Waals surface area contributed by atoms with Crippen molar-refractivity contribution in [3.8, 4) is 0 Å². The van der Waals surface area contributed by atoms with Crippen molar-refractivity contribution in [2.24, 2.45) is 0 Å². The number of nitrogens with zero attached hydrogens (tertiary/aromatic N) is 1. The van der Waals surface area contributed by atoms with E-state index in [-0.39, 0.29) is 5.91 Å². The minimum Gasteiger partial charge on any atom is -0.465 e. The molecule has 0 saturated carbocycles. The molecule has 2 rings (SSSR count). The van der Waals surface area contributed by atoms with E-state index in [9.17, 15) is 9.59 Å². The Balaban J connectivity index is 2.25. The van der Waals surface area contributed by atoms with Gasteiger partial charge in [-0.05, 0) is 19.4 Å². The largest absolute Gasteiger partial charge is 0.465 e. The van der Waals surface area contributed by atoms with Gasteiger partial charge in [-0.15, -0.1) is 0 Å². The number of fused-ring (bicyclic) bond motifs is 1. The van der Waals surface area contributed by atoms with E-state index in [2.05, 4.69) is 5.32 Å². The van der Waals surface area contributed by atoms with E-state index in [0.717, 1.165) is 17.3 Å². The highest BCUT2D eigenvalue weighted by atomic mass is 16.5. The molecular formula is C17H22N2O4. The van der Waals surface area contributed by atoms with Gasteiger partial charge in [-0.2, -0.15) is 0 Å². The van der Waals surface area contributed by atoms with Crippen LogP contribution in [0.1, 0.15) is 29.7 Å². The maximum Gasteiger partial charge on any atom is 0.340 e. The minimum absolute atomic E-state index is 0.0988. The van der Waals surface area contributed by atoms with Gasteiger partial charge in [0.05, 0.1) is 12.7 Å². The molecule has 1 N–H and O–H groups in total. The Morgan fingerprint density at radius 2 is 2.00 bits per heavy atom. The predicted octanol–water partition coefficient (Wildman–Crippen LogP) is 2.14. The number of ether oxygens (including phenoxy) is 2. The maximum atomic E-state index is 12.3. The monoisotopic (exact) mass is 318 g/mol. The molecule has 23 heavy (non-hydrogen) atoms. The molecule has 1 heterocycles. The third-order valence-electron chi connectivity index (χ3n) is 3.77. The average Bonchev–Trinajstić information content (AvgIpc) is 2.97. The second-order valence-corrected chi connectivity index (χ2v) is 5.27. The van der Waals surface area contributed by atoms with Gasteiger partial charge in [-0.3, -0.25) is 4.79 Å². The van der Waals surface area contributed by atoms with E-state index in [1.165, 1.54) is 7.11 Å². The summed E-state index contributed by atoms with van der Waals surface area (Å²) in [5, 5.41) is 3.65. The van der Waals surface area contributed by atoms with Crippen molar-refractivity contribution in [3.63, 3.8) is 0 Å². The standard InChI is InChI=1S/C17H22N2O4/c1-12(16(20)18-9-6-10-22-2)19-11-14(17(21)23-3)13-7-4-5-8-15(13)19/h4-5,7-8,11-12H,6,9-10H2,1-3H3,(H,18,20)/t12-/m0/s1. The van der Waals surface area contributed by atoms with Crippen molar-refractivity contribution >= 4 is 22.8 Å². The van der Waals surface area contributed by atoms with Crippen LogP contribution >= 0.6 is 0 Å². The Morgan fingerprint density at radius 1 is 1.26 bits per heavy atom. The zero-order chi connectivity index (χ0) is 16.8.